The second kappa shape index (κ2) is 7.20. The summed E-state index contributed by atoms with van der Waals surface area (Å²) in [5.74, 6) is 0.234. The van der Waals surface area contributed by atoms with Crippen LogP contribution in [-0.2, 0) is 16.0 Å². The predicted molar refractivity (Wildman–Crippen MR) is 82.1 cm³/mol. The van der Waals surface area contributed by atoms with Crippen LogP contribution in [-0.4, -0.2) is 51.2 Å². The average Bonchev–Trinajstić information content (AvgIpc) is 2.98. The van der Waals surface area contributed by atoms with E-state index in [4.69, 9.17) is 4.74 Å². The first-order valence-corrected chi connectivity index (χ1v) is 8.03. The number of nitrogens with zero attached hydrogens (tertiary/aromatic N) is 1. The first-order valence-electron chi connectivity index (χ1n) is 7.15. The van der Waals surface area contributed by atoms with Crippen LogP contribution >= 0.6 is 11.3 Å². The van der Waals surface area contributed by atoms with Crippen molar-refractivity contribution in [1.29, 1.82) is 0 Å². The van der Waals surface area contributed by atoms with Gasteiger partial charge in [0.1, 0.15) is 0 Å². The van der Waals surface area contributed by atoms with Crippen LogP contribution in [0.1, 0.15) is 17.7 Å². The van der Waals surface area contributed by atoms with Gasteiger partial charge in [-0.05, 0) is 43.8 Å². The number of rotatable bonds is 6. The zero-order valence-corrected chi connectivity index (χ0v) is 13.2. The highest BCUT2D eigenvalue weighted by Gasteiger charge is 2.41. The molecule has 0 aliphatic carbocycles. The minimum atomic E-state index is -0.329. The molecule has 1 aromatic rings. The third kappa shape index (κ3) is 3.59. The topological polar surface area (TPSA) is 41.6 Å². The van der Waals surface area contributed by atoms with Crippen LogP contribution in [0.15, 0.2) is 17.5 Å². The molecule has 4 nitrogen and oxygen atoms in total. The minimum Gasteiger partial charge on any atom is -0.384 e. The van der Waals surface area contributed by atoms with E-state index in [2.05, 4.69) is 22.8 Å². The van der Waals surface area contributed by atoms with E-state index in [1.54, 1.807) is 18.4 Å². The van der Waals surface area contributed by atoms with Gasteiger partial charge in [-0.1, -0.05) is 6.07 Å². The molecule has 1 saturated heterocycles. The molecule has 2 heterocycles. The number of thiophene rings is 1. The van der Waals surface area contributed by atoms with E-state index in [0.29, 0.717) is 6.61 Å². The molecular formula is C15H24N2O2S. The Hall–Kier alpha value is -0.910. The number of nitrogens with one attached hydrogen (secondary N) is 1. The molecule has 20 heavy (non-hydrogen) atoms. The van der Waals surface area contributed by atoms with Crippen molar-refractivity contribution >= 4 is 17.2 Å². The van der Waals surface area contributed by atoms with Gasteiger partial charge in [-0.2, -0.15) is 0 Å². The second-order valence-electron chi connectivity index (χ2n) is 5.52. The van der Waals surface area contributed by atoms with Gasteiger partial charge in [0.25, 0.3) is 0 Å². The highest BCUT2D eigenvalue weighted by atomic mass is 32.1. The van der Waals surface area contributed by atoms with Crippen molar-refractivity contribution in [2.75, 3.05) is 40.4 Å². The molecule has 1 fully saturated rings. The monoisotopic (exact) mass is 296 g/mol. The van der Waals surface area contributed by atoms with Crippen LogP contribution in [0, 0.1) is 5.41 Å². The average molecular weight is 296 g/mol. The molecule has 2 rings (SSSR count). The fourth-order valence-electron chi connectivity index (χ4n) is 2.84. The molecule has 1 aliphatic rings. The molecule has 0 aromatic carbocycles. The van der Waals surface area contributed by atoms with Gasteiger partial charge in [-0.25, -0.2) is 0 Å². The zero-order chi connectivity index (χ0) is 14.4. The van der Waals surface area contributed by atoms with E-state index in [9.17, 15) is 4.79 Å². The SMILES string of the molecule is COCC1(C(=O)N(C)CCc2cccs2)CCNCC1. The Bertz CT molecular complexity index is 408. The lowest BCUT2D eigenvalue weighted by atomic mass is 9.78. The lowest BCUT2D eigenvalue weighted by Gasteiger charge is -2.38. The number of hydrogen-bond donors (Lipinski definition) is 1. The van der Waals surface area contributed by atoms with Crippen LogP contribution in [0.3, 0.4) is 0 Å². The Morgan fingerprint density at radius 3 is 2.85 bits per heavy atom. The van der Waals surface area contributed by atoms with Crippen LogP contribution in [0.5, 0.6) is 0 Å². The van der Waals surface area contributed by atoms with Crippen LogP contribution in [0.2, 0.25) is 0 Å². The number of carbonyl (C=O) groups is 1. The summed E-state index contributed by atoms with van der Waals surface area (Å²) in [7, 11) is 3.60. The molecule has 1 aliphatic heterocycles. The quantitative estimate of drug-likeness (QED) is 0.870. The highest BCUT2D eigenvalue weighted by molar-refractivity contribution is 7.09. The Kier molecular flexibility index (Phi) is 5.57. The summed E-state index contributed by atoms with van der Waals surface area (Å²) in [5, 5.41) is 5.40. The minimum absolute atomic E-state index is 0.234. The molecule has 5 heteroatoms. The Morgan fingerprint density at radius 1 is 1.50 bits per heavy atom. The van der Waals surface area contributed by atoms with E-state index < -0.39 is 0 Å². The first-order chi connectivity index (χ1) is 9.68. The fourth-order valence-corrected chi connectivity index (χ4v) is 3.54. The fraction of sp³-hybridized carbons (Fsp3) is 0.667. The smallest absolute Gasteiger partial charge is 0.230 e. The summed E-state index contributed by atoms with van der Waals surface area (Å²) in [6.07, 6.45) is 2.66. The second-order valence-corrected chi connectivity index (χ2v) is 6.55. The lowest BCUT2D eigenvalue weighted by molar-refractivity contribution is -0.146. The Balaban J connectivity index is 1.95. The van der Waals surface area contributed by atoms with Crippen molar-refractivity contribution in [2.24, 2.45) is 5.41 Å². The van der Waals surface area contributed by atoms with Gasteiger partial charge in [-0.3, -0.25) is 4.79 Å². The number of likely N-dealkylation sites (N-methyl/N-ethyl adjacent to an activating group) is 1. The Labute approximate surface area is 125 Å². The van der Waals surface area contributed by atoms with Crippen LogP contribution < -0.4 is 5.32 Å². The van der Waals surface area contributed by atoms with Gasteiger partial charge >= 0.3 is 0 Å². The maximum Gasteiger partial charge on any atom is 0.230 e. The third-order valence-corrected chi connectivity index (χ3v) is 4.99. The largest absolute Gasteiger partial charge is 0.384 e. The third-order valence-electron chi connectivity index (χ3n) is 4.06. The van der Waals surface area contributed by atoms with E-state index in [-0.39, 0.29) is 11.3 Å². The summed E-state index contributed by atoms with van der Waals surface area (Å²) in [6, 6.07) is 4.18. The lowest BCUT2D eigenvalue weighted by Crippen LogP contribution is -2.50. The summed E-state index contributed by atoms with van der Waals surface area (Å²) in [4.78, 5) is 16.0. The highest BCUT2D eigenvalue weighted by Crippen LogP contribution is 2.31. The van der Waals surface area contributed by atoms with Gasteiger partial charge in [0, 0.05) is 25.6 Å². The van der Waals surface area contributed by atoms with Crippen molar-refractivity contribution in [3.63, 3.8) is 0 Å². The maximum atomic E-state index is 12.8. The molecule has 0 unspecified atom stereocenters. The molecule has 0 atom stereocenters. The number of methoxy groups -OCH3 is 1. The van der Waals surface area contributed by atoms with E-state index in [1.807, 2.05) is 11.9 Å². The zero-order valence-electron chi connectivity index (χ0n) is 12.4. The standard InChI is InChI=1S/C15H24N2O2S/c1-17(10-5-13-4-3-11-20-13)14(18)15(12-19-2)6-8-16-9-7-15/h3-4,11,16H,5-10,12H2,1-2H3. The van der Waals surface area contributed by atoms with Gasteiger partial charge in [0.2, 0.25) is 5.91 Å². The van der Waals surface area contributed by atoms with E-state index in [0.717, 1.165) is 38.9 Å². The van der Waals surface area contributed by atoms with Crippen molar-refractivity contribution in [3.05, 3.63) is 22.4 Å². The number of amides is 1. The predicted octanol–water partition coefficient (Wildman–Crippen LogP) is 1.77. The molecule has 1 amide bonds. The molecule has 1 N–H and O–H groups in total. The normalized spacial score (nSPS) is 17.9. The summed E-state index contributed by atoms with van der Waals surface area (Å²) in [5.41, 5.74) is -0.329. The number of piperidine rings is 1. The molecule has 1 aromatic heterocycles. The molecule has 0 radical (unpaired) electrons. The molecular weight excluding hydrogens is 272 g/mol. The van der Waals surface area contributed by atoms with Crippen molar-refractivity contribution in [3.8, 4) is 0 Å². The van der Waals surface area contributed by atoms with E-state index >= 15 is 0 Å². The summed E-state index contributed by atoms with van der Waals surface area (Å²) < 4.78 is 5.33. The Morgan fingerprint density at radius 2 is 2.25 bits per heavy atom. The first kappa shape index (κ1) is 15.5. The number of ether oxygens (including phenoxy) is 1. The van der Waals surface area contributed by atoms with Gasteiger partial charge < -0.3 is 15.0 Å². The van der Waals surface area contributed by atoms with Crippen molar-refractivity contribution < 1.29 is 9.53 Å². The van der Waals surface area contributed by atoms with Gasteiger partial charge in [0.15, 0.2) is 0 Å². The van der Waals surface area contributed by atoms with Crippen molar-refractivity contribution in [2.45, 2.75) is 19.3 Å². The molecule has 0 spiro atoms. The summed E-state index contributed by atoms with van der Waals surface area (Å²) >= 11 is 1.75. The maximum absolute atomic E-state index is 12.8. The van der Waals surface area contributed by atoms with Gasteiger partial charge in [0.05, 0.1) is 12.0 Å². The van der Waals surface area contributed by atoms with Crippen LogP contribution in [0.4, 0.5) is 0 Å². The number of carbonyl (C=O) groups excluding carboxylic acids is 1. The van der Waals surface area contributed by atoms with E-state index in [1.165, 1.54) is 4.88 Å². The number of hydrogen-bond acceptors (Lipinski definition) is 4. The molecule has 0 bridgehead atoms. The van der Waals surface area contributed by atoms with Crippen LogP contribution in [0.25, 0.3) is 0 Å². The molecule has 0 saturated carbocycles. The van der Waals surface area contributed by atoms with Gasteiger partial charge in [-0.15, -0.1) is 11.3 Å². The van der Waals surface area contributed by atoms with Crippen molar-refractivity contribution in [1.82, 2.24) is 10.2 Å². The molecule has 112 valence electrons. The summed E-state index contributed by atoms with van der Waals surface area (Å²) in [6.45, 7) is 3.09.